The van der Waals surface area contributed by atoms with Crippen LogP contribution >= 0.6 is 0 Å². The van der Waals surface area contributed by atoms with Crippen molar-refractivity contribution in [1.29, 1.82) is 0 Å². The quantitative estimate of drug-likeness (QED) is 0.544. The Morgan fingerprint density at radius 2 is 2.25 bits per heavy atom. The maximum atomic E-state index is 11.6. The van der Waals surface area contributed by atoms with Gasteiger partial charge in [0.2, 0.25) is 0 Å². The van der Waals surface area contributed by atoms with Crippen LogP contribution in [0.3, 0.4) is 0 Å². The van der Waals surface area contributed by atoms with E-state index in [-0.39, 0.29) is 12.2 Å². The van der Waals surface area contributed by atoms with Crippen LogP contribution in [-0.4, -0.2) is 30.1 Å². The zero-order valence-electron chi connectivity index (χ0n) is 10.2. The molecular weight excluding hydrogens is 208 g/mol. The lowest BCUT2D eigenvalue weighted by Gasteiger charge is -2.33. The molecule has 4 heteroatoms. The first-order valence-corrected chi connectivity index (χ1v) is 5.81. The number of carbonyl (C=O) groups excluding carboxylic acids is 2. The number of hydrogen-bond acceptors (Lipinski definition) is 4. The van der Waals surface area contributed by atoms with Gasteiger partial charge in [-0.25, -0.2) is 4.79 Å². The molecule has 1 rings (SSSR count). The first kappa shape index (κ1) is 13.2. The summed E-state index contributed by atoms with van der Waals surface area (Å²) >= 11 is 0. The number of esters is 1. The second-order valence-electron chi connectivity index (χ2n) is 4.81. The summed E-state index contributed by atoms with van der Waals surface area (Å²) in [6.45, 7) is 6.06. The second-order valence-corrected chi connectivity index (χ2v) is 4.81. The lowest BCUT2D eigenvalue weighted by Crippen LogP contribution is -2.44. The van der Waals surface area contributed by atoms with Crippen molar-refractivity contribution < 1.29 is 19.1 Å². The SMILES string of the molecule is CCCCOC(=O)C1CC(=O)CC(C)(C)O1. The smallest absolute Gasteiger partial charge is 0.335 e. The van der Waals surface area contributed by atoms with Gasteiger partial charge in [-0.3, -0.25) is 4.79 Å². The van der Waals surface area contributed by atoms with Crippen molar-refractivity contribution in [3.05, 3.63) is 0 Å². The zero-order valence-corrected chi connectivity index (χ0v) is 10.2. The van der Waals surface area contributed by atoms with E-state index in [1.807, 2.05) is 20.8 Å². The van der Waals surface area contributed by atoms with Crippen LogP contribution in [0.25, 0.3) is 0 Å². The van der Waals surface area contributed by atoms with Gasteiger partial charge in [0, 0.05) is 12.8 Å². The van der Waals surface area contributed by atoms with Gasteiger partial charge < -0.3 is 9.47 Å². The summed E-state index contributed by atoms with van der Waals surface area (Å²) in [6, 6.07) is 0. The minimum absolute atomic E-state index is 0.0636. The summed E-state index contributed by atoms with van der Waals surface area (Å²) in [5.41, 5.74) is -0.552. The second kappa shape index (κ2) is 5.43. The zero-order chi connectivity index (χ0) is 12.2. The van der Waals surface area contributed by atoms with Crippen molar-refractivity contribution in [2.24, 2.45) is 0 Å². The highest BCUT2D eigenvalue weighted by atomic mass is 16.6. The van der Waals surface area contributed by atoms with Gasteiger partial charge in [0.05, 0.1) is 12.2 Å². The highest BCUT2D eigenvalue weighted by Gasteiger charge is 2.37. The minimum atomic E-state index is -0.715. The van der Waals surface area contributed by atoms with Crippen LogP contribution < -0.4 is 0 Å². The van der Waals surface area contributed by atoms with E-state index in [2.05, 4.69) is 0 Å². The van der Waals surface area contributed by atoms with Crippen molar-refractivity contribution >= 4 is 11.8 Å². The van der Waals surface area contributed by atoms with Crippen LogP contribution in [0.2, 0.25) is 0 Å². The molecule has 1 fully saturated rings. The molecule has 0 aromatic heterocycles. The van der Waals surface area contributed by atoms with Crippen LogP contribution in [0.5, 0.6) is 0 Å². The molecule has 0 aromatic carbocycles. The lowest BCUT2D eigenvalue weighted by molar-refractivity contribution is -0.178. The van der Waals surface area contributed by atoms with E-state index in [1.54, 1.807) is 0 Å². The summed E-state index contributed by atoms with van der Waals surface area (Å²) in [6.07, 6.45) is 1.62. The molecule has 1 aliphatic rings. The van der Waals surface area contributed by atoms with Crippen LogP contribution in [0.1, 0.15) is 46.5 Å². The Hall–Kier alpha value is -0.900. The molecule has 0 bridgehead atoms. The Morgan fingerprint density at radius 3 is 2.81 bits per heavy atom. The molecule has 16 heavy (non-hydrogen) atoms. The molecule has 1 aliphatic heterocycles. The molecule has 1 heterocycles. The predicted octanol–water partition coefficient (Wildman–Crippen LogP) is 1.86. The summed E-state index contributed by atoms with van der Waals surface area (Å²) in [4.78, 5) is 23.0. The minimum Gasteiger partial charge on any atom is -0.464 e. The normalized spacial score (nSPS) is 24.2. The summed E-state index contributed by atoms with van der Waals surface area (Å²) in [5.74, 6) is -0.344. The standard InChI is InChI=1S/C12H20O4/c1-4-5-6-15-11(14)10-7-9(13)8-12(2,3)16-10/h10H,4-8H2,1-3H3. The van der Waals surface area contributed by atoms with Crippen LogP contribution in [0, 0.1) is 0 Å². The average Bonchev–Trinajstić information content (AvgIpc) is 2.14. The molecule has 1 atom stereocenters. The van der Waals surface area contributed by atoms with E-state index in [0.29, 0.717) is 13.0 Å². The molecule has 0 N–H and O–H groups in total. The van der Waals surface area contributed by atoms with E-state index >= 15 is 0 Å². The molecular formula is C12H20O4. The van der Waals surface area contributed by atoms with Crippen molar-refractivity contribution in [1.82, 2.24) is 0 Å². The number of ether oxygens (including phenoxy) is 2. The Morgan fingerprint density at radius 1 is 1.56 bits per heavy atom. The Labute approximate surface area is 96.3 Å². The molecule has 0 spiro atoms. The molecule has 0 amide bonds. The summed E-state index contributed by atoms with van der Waals surface area (Å²) in [7, 11) is 0. The van der Waals surface area contributed by atoms with Gasteiger partial charge in [-0.05, 0) is 20.3 Å². The number of unbranched alkanes of at least 4 members (excludes halogenated alkanes) is 1. The maximum absolute atomic E-state index is 11.6. The highest BCUT2D eigenvalue weighted by Crippen LogP contribution is 2.26. The third kappa shape index (κ3) is 3.93. The van der Waals surface area contributed by atoms with Crippen molar-refractivity contribution in [3.8, 4) is 0 Å². The molecule has 0 radical (unpaired) electrons. The number of hydrogen-bond donors (Lipinski definition) is 0. The third-order valence-corrected chi connectivity index (χ3v) is 2.50. The third-order valence-electron chi connectivity index (χ3n) is 2.50. The number of rotatable bonds is 4. The number of carbonyl (C=O) groups is 2. The van der Waals surface area contributed by atoms with Crippen molar-refractivity contribution in [3.63, 3.8) is 0 Å². The molecule has 0 saturated carbocycles. The van der Waals surface area contributed by atoms with Gasteiger partial charge in [0.1, 0.15) is 5.78 Å². The molecule has 92 valence electrons. The first-order chi connectivity index (χ1) is 7.44. The fourth-order valence-electron chi connectivity index (χ4n) is 1.76. The molecule has 0 aromatic rings. The Kier molecular flexibility index (Phi) is 4.47. The highest BCUT2D eigenvalue weighted by molar-refractivity contribution is 5.87. The molecule has 1 saturated heterocycles. The lowest BCUT2D eigenvalue weighted by atomic mass is 9.94. The van der Waals surface area contributed by atoms with Crippen LogP contribution in [0.4, 0.5) is 0 Å². The summed E-state index contributed by atoms with van der Waals surface area (Å²) in [5, 5.41) is 0. The van der Waals surface area contributed by atoms with Crippen molar-refractivity contribution in [2.45, 2.75) is 58.2 Å². The Bertz CT molecular complexity index is 270. The average molecular weight is 228 g/mol. The van der Waals surface area contributed by atoms with E-state index < -0.39 is 17.7 Å². The predicted molar refractivity (Wildman–Crippen MR) is 59.1 cm³/mol. The topological polar surface area (TPSA) is 52.6 Å². The summed E-state index contributed by atoms with van der Waals surface area (Å²) < 4.78 is 10.6. The van der Waals surface area contributed by atoms with Gasteiger partial charge in [-0.1, -0.05) is 13.3 Å². The van der Waals surface area contributed by atoms with E-state index in [0.717, 1.165) is 12.8 Å². The monoisotopic (exact) mass is 228 g/mol. The van der Waals surface area contributed by atoms with E-state index in [4.69, 9.17) is 9.47 Å². The van der Waals surface area contributed by atoms with Gasteiger partial charge in [-0.2, -0.15) is 0 Å². The fourth-order valence-corrected chi connectivity index (χ4v) is 1.76. The van der Waals surface area contributed by atoms with Crippen molar-refractivity contribution in [2.75, 3.05) is 6.61 Å². The van der Waals surface area contributed by atoms with E-state index in [9.17, 15) is 9.59 Å². The van der Waals surface area contributed by atoms with Gasteiger partial charge in [0.25, 0.3) is 0 Å². The molecule has 4 nitrogen and oxygen atoms in total. The van der Waals surface area contributed by atoms with Gasteiger partial charge >= 0.3 is 5.97 Å². The maximum Gasteiger partial charge on any atom is 0.335 e. The molecule has 0 aliphatic carbocycles. The first-order valence-electron chi connectivity index (χ1n) is 5.81. The number of ketones is 1. The van der Waals surface area contributed by atoms with E-state index in [1.165, 1.54) is 0 Å². The number of Topliss-reactive ketones (excluding diaryl/α,β-unsaturated/α-hetero) is 1. The molecule has 1 unspecified atom stereocenters. The Balaban J connectivity index is 2.46. The van der Waals surface area contributed by atoms with Crippen LogP contribution in [-0.2, 0) is 19.1 Å². The van der Waals surface area contributed by atoms with Gasteiger partial charge in [0.15, 0.2) is 6.10 Å². The van der Waals surface area contributed by atoms with Crippen LogP contribution in [0.15, 0.2) is 0 Å². The van der Waals surface area contributed by atoms with Gasteiger partial charge in [-0.15, -0.1) is 0 Å². The largest absolute Gasteiger partial charge is 0.464 e. The fraction of sp³-hybridized carbons (Fsp3) is 0.833.